The molecule has 0 radical (unpaired) electrons. The summed E-state index contributed by atoms with van der Waals surface area (Å²) < 4.78 is 14.9. The van der Waals surface area contributed by atoms with Crippen molar-refractivity contribution in [1.29, 1.82) is 0 Å². The molecule has 0 amide bonds. The third-order valence-corrected chi connectivity index (χ3v) is 2.88. The molecule has 2 N–H and O–H groups in total. The summed E-state index contributed by atoms with van der Waals surface area (Å²) in [6, 6.07) is 6.65. The van der Waals surface area contributed by atoms with Crippen LogP contribution in [0.4, 0.5) is 10.1 Å². The Hall–Kier alpha value is -1.49. The minimum atomic E-state index is -0.375. The molecule has 0 aliphatic rings. The Morgan fingerprint density at radius 3 is 3.00 bits per heavy atom. The Labute approximate surface area is 91.1 Å². The fourth-order valence-corrected chi connectivity index (χ4v) is 1.90. The molecule has 5 heteroatoms. The Kier molecular flexibility index (Phi) is 2.91. The number of anilines is 1. The van der Waals surface area contributed by atoms with Crippen molar-refractivity contribution in [2.75, 3.05) is 5.73 Å². The second-order valence-corrected chi connectivity index (χ2v) is 4.02. The Morgan fingerprint density at radius 1 is 1.47 bits per heavy atom. The topological polar surface area (TPSA) is 43.8 Å². The summed E-state index contributed by atoms with van der Waals surface area (Å²) >= 11 is 1.51. The lowest BCUT2D eigenvalue weighted by Gasteiger charge is -2.03. The molecule has 0 saturated heterocycles. The highest BCUT2D eigenvalue weighted by Gasteiger charge is 2.00. The molecule has 0 spiro atoms. The Morgan fingerprint density at radius 2 is 2.33 bits per heavy atom. The van der Waals surface area contributed by atoms with Gasteiger partial charge in [0.25, 0.3) is 0 Å². The highest BCUT2D eigenvalue weighted by Crippen LogP contribution is 2.22. The maximum atomic E-state index is 13.1. The summed E-state index contributed by atoms with van der Waals surface area (Å²) in [4.78, 5) is 0.845. The van der Waals surface area contributed by atoms with Crippen molar-refractivity contribution in [3.63, 3.8) is 0 Å². The first-order chi connectivity index (χ1) is 7.25. The number of rotatable bonds is 3. The maximum Gasteiger partial charge on any atom is 0.147 e. The molecule has 0 aliphatic carbocycles. The first-order valence-electron chi connectivity index (χ1n) is 4.41. The molecule has 0 fully saturated rings. The predicted molar refractivity (Wildman–Crippen MR) is 58.9 cm³/mol. The Balaban J connectivity index is 2.02. The summed E-state index contributed by atoms with van der Waals surface area (Å²) in [6.45, 7) is 0. The van der Waals surface area contributed by atoms with Crippen molar-refractivity contribution in [3.05, 3.63) is 42.5 Å². The first-order valence-corrected chi connectivity index (χ1v) is 5.39. The zero-order valence-electron chi connectivity index (χ0n) is 7.93. The number of nitrogens with zero attached hydrogens (tertiary/aromatic N) is 2. The van der Waals surface area contributed by atoms with Crippen LogP contribution in [0.25, 0.3) is 0 Å². The van der Waals surface area contributed by atoms with Gasteiger partial charge in [0, 0.05) is 17.3 Å². The summed E-state index contributed by atoms with van der Waals surface area (Å²) in [7, 11) is 0. The average Bonchev–Trinajstić information content (AvgIpc) is 2.73. The van der Waals surface area contributed by atoms with Crippen LogP contribution in [0.1, 0.15) is 0 Å². The number of hydrogen-bond acceptors (Lipinski definition) is 3. The van der Waals surface area contributed by atoms with Crippen LogP contribution in [0.2, 0.25) is 0 Å². The number of aromatic nitrogens is 2. The molecular formula is C10H10FN3S. The zero-order valence-corrected chi connectivity index (χ0v) is 8.75. The molecule has 1 aromatic heterocycles. The van der Waals surface area contributed by atoms with Crippen molar-refractivity contribution in [2.45, 2.75) is 10.8 Å². The van der Waals surface area contributed by atoms with E-state index < -0.39 is 0 Å². The molecule has 0 aliphatic heterocycles. The van der Waals surface area contributed by atoms with Crippen LogP contribution >= 0.6 is 11.8 Å². The van der Waals surface area contributed by atoms with E-state index in [0.29, 0.717) is 5.88 Å². The van der Waals surface area contributed by atoms with Crippen LogP contribution in [0.3, 0.4) is 0 Å². The monoisotopic (exact) mass is 223 g/mol. The minimum Gasteiger partial charge on any atom is -0.396 e. The van der Waals surface area contributed by atoms with Crippen molar-refractivity contribution in [1.82, 2.24) is 9.78 Å². The molecule has 1 heterocycles. The van der Waals surface area contributed by atoms with Crippen molar-refractivity contribution < 1.29 is 4.39 Å². The van der Waals surface area contributed by atoms with Gasteiger partial charge >= 0.3 is 0 Å². The fraction of sp³-hybridized carbons (Fsp3) is 0.100. The number of hydrogen-bond donors (Lipinski definition) is 1. The number of nitrogens with two attached hydrogens (primary N) is 1. The lowest BCUT2D eigenvalue weighted by atomic mass is 10.3. The SMILES string of the molecule is Nc1ccc(SCn2cccn2)cc1F. The van der Waals surface area contributed by atoms with Crippen LogP contribution in [0.15, 0.2) is 41.6 Å². The van der Waals surface area contributed by atoms with Crippen LogP contribution in [-0.2, 0) is 5.88 Å². The molecular weight excluding hydrogens is 213 g/mol. The van der Waals surface area contributed by atoms with E-state index in [9.17, 15) is 4.39 Å². The molecule has 3 nitrogen and oxygen atoms in total. The van der Waals surface area contributed by atoms with Crippen LogP contribution in [0, 0.1) is 5.82 Å². The van der Waals surface area contributed by atoms with Crippen LogP contribution < -0.4 is 5.73 Å². The normalized spacial score (nSPS) is 10.5. The van der Waals surface area contributed by atoms with Gasteiger partial charge in [-0.15, -0.1) is 11.8 Å². The maximum absolute atomic E-state index is 13.1. The minimum absolute atomic E-state index is 0.179. The Bertz CT molecular complexity index is 442. The fourth-order valence-electron chi connectivity index (χ4n) is 1.12. The van der Waals surface area contributed by atoms with Gasteiger partial charge in [-0.2, -0.15) is 5.10 Å². The molecule has 0 atom stereocenters. The third-order valence-electron chi connectivity index (χ3n) is 1.89. The van der Waals surface area contributed by atoms with Gasteiger partial charge in [-0.25, -0.2) is 4.39 Å². The van der Waals surface area contributed by atoms with E-state index in [1.807, 2.05) is 12.3 Å². The summed E-state index contributed by atoms with van der Waals surface area (Å²) in [5, 5.41) is 4.05. The van der Waals surface area contributed by atoms with Gasteiger partial charge in [0.15, 0.2) is 0 Å². The average molecular weight is 223 g/mol. The first kappa shape index (κ1) is 10.0. The van der Waals surface area contributed by atoms with E-state index in [0.717, 1.165) is 4.90 Å². The van der Waals surface area contributed by atoms with Gasteiger partial charge in [0.2, 0.25) is 0 Å². The summed E-state index contributed by atoms with van der Waals surface area (Å²) in [5.74, 6) is 0.288. The predicted octanol–water partition coefficient (Wildman–Crippen LogP) is 2.35. The summed E-state index contributed by atoms with van der Waals surface area (Å²) in [6.07, 6.45) is 3.57. The number of nitrogen functional groups attached to an aromatic ring is 1. The van der Waals surface area contributed by atoms with E-state index in [2.05, 4.69) is 5.10 Å². The molecule has 2 aromatic rings. The van der Waals surface area contributed by atoms with E-state index in [4.69, 9.17) is 5.73 Å². The van der Waals surface area contributed by atoms with Gasteiger partial charge in [-0.05, 0) is 24.3 Å². The third kappa shape index (κ3) is 2.50. The van der Waals surface area contributed by atoms with Gasteiger partial charge in [0.1, 0.15) is 5.82 Å². The number of thioether (sulfide) groups is 1. The number of benzene rings is 1. The van der Waals surface area contributed by atoms with Crippen molar-refractivity contribution in [3.8, 4) is 0 Å². The smallest absolute Gasteiger partial charge is 0.147 e. The molecule has 1 aromatic carbocycles. The molecule has 2 rings (SSSR count). The second kappa shape index (κ2) is 4.35. The molecule has 0 bridgehead atoms. The standard InChI is InChI=1S/C10H10FN3S/c11-9-6-8(2-3-10(9)12)15-7-14-5-1-4-13-14/h1-6H,7,12H2. The highest BCUT2D eigenvalue weighted by molar-refractivity contribution is 7.98. The van der Waals surface area contributed by atoms with E-state index in [-0.39, 0.29) is 11.5 Å². The lowest BCUT2D eigenvalue weighted by Crippen LogP contribution is -1.94. The van der Waals surface area contributed by atoms with Crippen molar-refractivity contribution >= 4 is 17.4 Å². The van der Waals surface area contributed by atoms with E-state index >= 15 is 0 Å². The molecule has 0 unspecified atom stereocenters. The van der Waals surface area contributed by atoms with Gasteiger partial charge in [0.05, 0.1) is 11.6 Å². The number of halogens is 1. The van der Waals surface area contributed by atoms with Crippen LogP contribution in [-0.4, -0.2) is 9.78 Å². The van der Waals surface area contributed by atoms with Gasteiger partial charge < -0.3 is 5.73 Å². The lowest BCUT2D eigenvalue weighted by molar-refractivity contribution is 0.629. The molecule has 0 saturated carbocycles. The van der Waals surface area contributed by atoms with Crippen molar-refractivity contribution in [2.24, 2.45) is 0 Å². The van der Waals surface area contributed by atoms with E-state index in [1.54, 1.807) is 23.0 Å². The second-order valence-electron chi connectivity index (χ2n) is 3.00. The van der Waals surface area contributed by atoms with E-state index in [1.165, 1.54) is 17.8 Å². The van der Waals surface area contributed by atoms with Crippen LogP contribution in [0.5, 0.6) is 0 Å². The quantitative estimate of drug-likeness (QED) is 0.641. The summed E-state index contributed by atoms with van der Waals surface area (Å²) in [5.41, 5.74) is 5.56. The molecule has 78 valence electrons. The highest BCUT2D eigenvalue weighted by atomic mass is 32.2. The van der Waals surface area contributed by atoms with Gasteiger partial charge in [-0.1, -0.05) is 0 Å². The van der Waals surface area contributed by atoms with Gasteiger partial charge in [-0.3, -0.25) is 4.68 Å². The molecule has 15 heavy (non-hydrogen) atoms. The zero-order chi connectivity index (χ0) is 10.7. The largest absolute Gasteiger partial charge is 0.396 e.